The van der Waals surface area contributed by atoms with Crippen LogP contribution in [0, 0.1) is 0 Å². The first kappa shape index (κ1) is 35.8. The van der Waals surface area contributed by atoms with Crippen LogP contribution in [0.5, 0.6) is 11.5 Å². The van der Waals surface area contributed by atoms with E-state index in [2.05, 4.69) is 198 Å². The quantitative estimate of drug-likeness (QED) is 0.156. The van der Waals surface area contributed by atoms with Gasteiger partial charge in [-0.25, -0.2) is 0 Å². The van der Waals surface area contributed by atoms with E-state index in [9.17, 15) is 0 Å². The van der Waals surface area contributed by atoms with Crippen molar-refractivity contribution < 1.29 is 13.6 Å². The maximum Gasteiger partial charge on any atom is 0.159 e. The molecule has 11 aromatic carbocycles. The Hall–Kier alpha value is -8.80. The first-order valence-corrected chi connectivity index (χ1v) is 22.0. The Balaban J connectivity index is 0.982. The van der Waals surface area contributed by atoms with Crippen LogP contribution >= 0.6 is 0 Å². The molecule has 3 heterocycles. The van der Waals surface area contributed by atoms with Gasteiger partial charge < -0.3 is 23.4 Å². The lowest BCUT2D eigenvalue weighted by Crippen LogP contribution is -2.11. The first-order chi connectivity index (χ1) is 32.2. The Bertz CT molecular complexity index is 4060. The molecule has 0 bridgehead atoms. The van der Waals surface area contributed by atoms with Crippen molar-refractivity contribution in [1.82, 2.24) is 0 Å². The summed E-state index contributed by atoms with van der Waals surface area (Å²) in [5.74, 6) is 1.63. The Kier molecular flexibility index (Phi) is 7.62. The molecule has 0 saturated carbocycles. The predicted molar refractivity (Wildman–Crippen MR) is 268 cm³/mol. The molecule has 2 aromatic heterocycles. The third-order valence-electron chi connectivity index (χ3n) is 13.2. The van der Waals surface area contributed by atoms with Crippen LogP contribution in [-0.4, -0.2) is 0 Å². The smallest absolute Gasteiger partial charge is 0.159 e. The van der Waals surface area contributed by atoms with E-state index in [1.54, 1.807) is 0 Å². The summed E-state index contributed by atoms with van der Waals surface area (Å²) in [7, 11) is 0. The fourth-order valence-electron chi connectivity index (χ4n) is 10.4. The number of anilines is 6. The maximum atomic E-state index is 7.00. The van der Waals surface area contributed by atoms with Crippen LogP contribution in [0.2, 0.25) is 0 Å². The van der Waals surface area contributed by atoms with Crippen LogP contribution in [0.15, 0.2) is 227 Å². The van der Waals surface area contributed by atoms with Crippen molar-refractivity contribution in [2.45, 2.75) is 0 Å². The maximum absolute atomic E-state index is 7.00. The van der Waals surface area contributed by atoms with Crippen molar-refractivity contribution in [3.05, 3.63) is 218 Å². The van der Waals surface area contributed by atoms with E-state index in [-0.39, 0.29) is 0 Å². The highest BCUT2D eigenvalue weighted by Gasteiger charge is 2.28. The summed E-state index contributed by atoms with van der Waals surface area (Å²) in [5.41, 5.74) is 11.6. The lowest BCUT2D eigenvalue weighted by Gasteiger charge is -2.29. The molecule has 1 aliphatic rings. The van der Waals surface area contributed by atoms with E-state index in [1.807, 2.05) is 30.3 Å². The topological polar surface area (TPSA) is 42.0 Å². The molecule has 0 amide bonds. The summed E-state index contributed by atoms with van der Waals surface area (Å²) < 4.78 is 20.3. The molecule has 0 atom stereocenters. The van der Waals surface area contributed by atoms with Gasteiger partial charge >= 0.3 is 0 Å². The van der Waals surface area contributed by atoms with Crippen molar-refractivity contribution in [1.29, 1.82) is 0 Å². The molecular formula is C60H36N2O3. The fraction of sp³-hybridized carbons (Fsp3) is 0. The number of rotatable bonds is 6. The van der Waals surface area contributed by atoms with Gasteiger partial charge in [0, 0.05) is 55.3 Å². The van der Waals surface area contributed by atoms with Gasteiger partial charge in [0.2, 0.25) is 0 Å². The number of fused-ring (bicyclic) bond motifs is 12. The molecule has 13 aromatic rings. The highest BCUT2D eigenvalue weighted by atomic mass is 16.5. The first-order valence-electron chi connectivity index (χ1n) is 22.0. The summed E-state index contributed by atoms with van der Waals surface area (Å²) >= 11 is 0. The Morgan fingerprint density at radius 2 is 0.800 bits per heavy atom. The van der Waals surface area contributed by atoms with Crippen LogP contribution in [0.1, 0.15) is 0 Å². The predicted octanol–water partition coefficient (Wildman–Crippen LogP) is 17.7. The molecule has 0 radical (unpaired) electrons. The minimum Gasteiger partial charge on any atom is -0.456 e. The van der Waals surface area contributed by atoms with Crippen LogP contribution in [0.3, 0.4) is 0 Å². The minimum atomic E-state index is 0.801. The highest BCUT2D eigenvalue weighted by Crippen LogP contribution is 2.54. The summed E-state index contributed by atoms with van der Waals surface area (Å²) in [6.45, 7) is 0. The number of furan rings is 2. The molecule has 0 aliphatic carbocycles. The van der Waals surface area contributed by atoms with Crippen LogP contribution in [-0.2, 0) is 0 Å². The van der Waals surface area contributed by atoms with Gasteiger partial charge in [-0.3, -0.25) is 0 Å². The number of hydrogen-bond acceptors (Lipinski definition) is 5. The Morgan fingerprint density at radius 3 is 1.48 bits per heavy atom. The van der Waals surface area contributed by atoms with Gasteiger partial charge in [0.25, 0.3) is 0 Å². The standard InChI is InChI=1S/C60H36N2O3/c1-3-16-37(17-4-1)61(51-27-13-25-46-42-22-9-11-29-54(42)64-59(46)51)39-32-33-44-50-35-48-40-20-7-8-21-41(40)53(36-49(48)45-24-15-31-56(58(45)50)63-57(44)34-39)62(38-18-5-2-6-19-38)52-28-14-26-47-43-23-10-12-30-55(43)65-60(47)52/h1-36H. The minimum absolute atomic E-state index is 0.801. The molecule has 0 unspecified atom stereocenters. The van der Waals surface area contributed by atoms with Gasteiger partial charge in [0.1, 0.15) is 22.7 Å². The lowest BCUT2D eigenvalue weighted by atomic mass is 9.88. The van der Waals surface area contributed by atoms with Crippen molar-refractivity contribution in [3.63, 3.8) is 0 Å². The van der Waals surface area contributed by atoms with Gasteiger partial charge in [-0.05, 0) is 106 Å². The zero-order valence-electron chi connectivity index (χ0n) is 34.9. The third-order valence-corrected chi connectivity index (χ3v) is 13.2. The largest absolute Gasteiger partial charge is 0.456 e. The van der Waals surface area contributed by atoms with E-state index in [0.29, 0.717) is 0 Å². The SMILES string of the molecule is c1ccc(N(c2ccc3c(c2)Oc2cccc4c2c-3cc2c3ccccc3c(N(c3ccccc3)c3cccc5c3oc3ccccc35)cc42)c2cccc3c2oc2ccccc23)cc1. The van der Waals surface area contributed by atoms with Gasteiger partial charge in [-0.15, -0.1) is 0 Å². The molecule has 0 fully saturated rings. The molecule has 0 N–H and O–H groups in total. The van der Waals surface area contributed by atoms with Crippen molar-refractivity contribution in [3.8, 4) is 22.6 Å². The van der Waals surface area contributed by atoms with E-state index in [1.165, 1.54) is 10.8 Å². The van der Waals surface area contributed by atoms with Crippen molar-refractivity contribution in [2.24, 2.45) is 0 Å². The number of hydrogen-bond donors (Lipinski definition) is 0. The second-order valence-corrected chi connectivity index (χ2v) is 16.8. The molecule has 14 rings (SSSR count). The van der Waals surface area contributed by atoms with Crippen molar-refractivity contribution in [2.75, 3.05) is 9.80 Å². The zero-order chi connectivity index (χ0) is 42.6. The number of benzene rings is 11. The van der Waals surface area contributed by atoms with E-state index < -0.39 is 0 Å². The summed E-state index contributed by atoms with van der Waals surface area (Å²) in [4.78, 5) is 4.63. The molecule has 0 spiro atoms. The van der Waals surface area contributed by atoms with Gasteiger partial charge in [-0.1, -0.05) is 133 Å². The lowest BCUT2D eigenvalue weighted by molar-refractivity contribution is 0.487. The van der Waals surface area contributed by atoms with Crippen LogP contribution in [0.25, 0.3) is 87.3 Å². The summed E-state index contributed by atoms with van der Waals surface area (Å²) in [5, 5.41) is 11.2. The molecule has 5 nitrogen and oxygen atoms in total. The monoisotopic (exact) mass is 832 g/mol. The molecule has 1 aliphatic heterocycles. The molecule has 0 saturated heterocycles. The van der Waals surface area contributed by atoms with Gasteiger partial charge in [-0.2, -0.15) is 0 Å². The second-order valence-electron chi connectivity index (χ2n) is 16.8. The third kappa shape index (κ3) is 5.33. The molecular weight excluding hydrogens is 797 g/mol. The van der Waals surface area contributed by atoms with Gasteiger partial charge in [0.05, 0.1) is 22.7 Å². The normalized spacial score (nSPS) is 12.1. The van der Waals surface area contributed by atoms with E-state index in [0.717, 1.165) is 122 Å². The summed E-state index contributed by atoms with van der Waals surface area (Å²) in [6.07, 6.45) is 0. The zero-order valence-corrected chi connectivity index (χ0v) is 34.9. The van der Waals surface area contributed by atoms with Crippen LogP contribution < -0.4 is 14.5 Å². The molecule has 65 heavy (non-hydrogen) atoms. The second kappa shape index (κ2) is 13.9. The Morgan fingerprint density at radius 1 is 0.277 bits per heavy atom. The molecule has 304 valence electrons. The fourth-order valence-corrected chi connectivity index (χ4v) is 10.4. The van der Waals surface area contributed by atoms with Crippen molar-refractivity contribution >= 4 is 110 Å². The van der Waals surface area contributed by atoms with E-state index >= 15 is 0 Å². The average molecular weight is 833 g/mol. The molecule has 5 heteroatoms. The number of para-hydroxylation sites is 6. The summed E-state index contributed by atoms with van der Waals surface area (Å²) in [6, 6.07) is 77.1. The number of ether oxygens (including phenoxy) is 1. The average Bonchev–Trinajstić information content (AvgIpc) is 3.95. The highest BCUT2D eigenvalue weighted by molar-refractivity contribution is 6.26. The Labute approximate surface area is 373 Å². The van der Waals surface area contributed by atoms with Crippen LogP contribution in [0.4, 0.5) is 34.1 Å². The van der Waals surface area contributed by atoms with E-state index in [4.69, 9.17) is 13.6 Å². The van der Waals surface area contributed by atoms with Gasteiger partial charge in [0.15, 0.2) is 11.2 Å². The number of nitrogens with zero attached hydrogens (tertiary/aromatic N) is 2.